The van der Waals surface area contributed by atoms with Gasteiger partial charge in [0.15, 0.2) is 0 Å². The Morgan fingerprint density at radius 1 is 1.22 bits per heavy atom. The zero-order chi connectivity index (χ0) is 12.8. The second-order valence-electron chi connectivity index (χ2n) is 4.01. The predicted molar refractivity (Wildman–Crippen MR) is 66.9 cm³/mol. The summed E-state index contributed by atoms with van der Waals surface area (Å²) in [5.41, 5.74) is 0.648. The fourth-order valence-electron chi connectivity index (χ4n) is 1.14. The number of hydrogen-bond acceptors (Lipinski definition) is 4. The van der Waals surface area contributed by atoms with E-state index in [9.17, 15) is 0 Å². The Hall–Kier alpha value is -1.28. The minimum absolute atomic E-state index is 0.274. The van der Waals surface area contributed by atoms with Crippen molar-refractivity contribution in [1.29, 1.82) is 5.26 Å². The van der Waals surface area contributed by atoms with E-state index >= 15 is 0 Å². The minimum atomic E-state index is 0.274. The smallest absolute Gasteiger partial charge is 0.119 e. The molecule has 0 radical (unpaired) electrons. The van der Waals surface area contributed by atoms with E-state index in [0.29, 0.717) is 24.2 Å². The van der Waals surface area contributed by atoms with E-state index in [2.05, 4.69) is 6.07 Å². The Kier molecular flexibility index (Phi) is 4.82. The van der Waals surface area contributed by atoms with E-state index in [-0.39, 0.29) is 6.10 Å². The van der Waals surface area contributed by atoms with Crippen molar-refractivity contribution in [3.8, 4) is 11.8 Å². The van der Waals surface area contributed by atoms with Gasteiger partial charge in [-0.1, -0.05) is 0 Å². The van der Waals surface area contributed by atoms with Crippen molar-refractivity contribution in [3.05, 3.63) is 29.8 Å². The van der Waals surface area contributed by atoms with Crippen molar-refractivity contribution in [3.63, 3.8) is 0 Å². The Bertz CT molecular complexity index is 407. The Labute approximate surface area is 111 Å². The second-order valence-corrected chi connectivity index (χ2v) is 4.32. The normalized spacial score (nSPS) is 23.3. The largest absolute Gasteiger partial charge is 0.491 e. The molecule has 0 amide bonds. The summed E-state index contributed by atoms with van der Waals surface area (Å²) in [5, 5.41) is 8.55. The van der Waals surface area contributed by atoms with Gasteiger partial charge < -0.3 is 14.2 Å². The minimum Gasteiger partial charge on any atom is -0.491 e. The molecule has 0 saturated carbocycles. The molecule has 2 fully saturated rings. The Morgan fingerprint density at radius 3 is 2.22 bits per heavy atom. The lowest BCUT2D eigenvalue weighted by Gasteiger charge is -2.02. The molecule has 0 spiro atoms. The summed E-state index contributed by atoms with van der Waals surface area (Å²) in [7, 11) is 0. The Morgan fingerprint density at radius 2 is 1.83 bits per heavy atom. The van der Waals surface area contributed by atoms with Crippen LogP contribution in [0.2, 0.25) is 0 Å². The molecule has 1 aromatic carbocycles. The molecule has 0 N–H and O–H groups in total. The number of ether oxygens (including phenoxy) is 3. The standard InChI is InChI=1S/C10H9NO2.C3H5ClO/c11-5-8-1-3-9(4-2-8)12-6-10-7-13-10;4-1-3-2-5-3/h1-4,10H,6-7H2;3H,1-2H2/t;3-/m.0/s1. The lowest BCUT2D eigenvalue weighted by Crippen LogP contribution is -2.03. The van der Waals surface area contributed by atoms with Crippen LogP contribution in [0, 0.1) is 11.3 Å². The molecule has 0 aromatic heterocycles. The van der Waals surface area contributed by atoms with Crippen molar-refractivity contribution in [2.45, 2.75) is 12.2 Å². The highest BCUT2D eigenvalue weighted by molar-refractivity contribution is 6.18. The summed E-state index contributed by atoms with van der Waals surface area (Å²) in [4.78, 5) is 0. The first-order valence-corrected chi connectivity index (χ1v) is 6.27. The number of nitriles is 1. The molecule has 4 nitrogen and oxygen atoms in total. The number of halogens is 1. The lowest BCUT2D eigenvalue weighted by molar-refractivity contribution is 0.263. The molecule has 2 heterocycles. The summed E-state index contributed by atoms with van der Waals surface area (Å²) in [5.74, 6) is 1.45. The van der Waals surface area contributed by atoms with Gasteiger partial charge in [0, 0.05) is 0 Å². The average Bonchev–Trinajstić information content (AvgIpc) is 3.32. The quantitative estimate of drug-likeness (QED) is 0.618. The van der Waals surface area contributed by atoms with E-state index in [1.165, 1.54) is 0 Å². The summed E-state index contributed by atoms with van der Waals surface area (Å²) in [6, 6.07) is 9.11. The first kappa shape index (κ1) is 13.2. The van der Waals surface area contributed by atoms with Crippen LogP contribution < -0.4 is 4.74 Å². The molecule has 1 aromatic rings. The van der Waals surface area contributed by atoms with E-state index in [4.69, 9.17) is 31.1 Å². The van der Waals surface area contributed by atoms with Gasteiger partial charge in [-0.2, -0.15) is 5.26 Å². The number of benzene rings is 1. The number of hydrogen-bond donors (Lipinski definition) is 0. The molecule has 5 heteroatoms. The molecule has 1 unspecified atom stereocenters. The van der Waals surface area contributed by atoms with Crippen molar-refractivity contribution in [1.82, 2.24) is 0 Å². The van der Waals surface area contributed by atoms with Gasteiger partial charge in [-0.05, 0) is 24.3 Å². The third-order valence-corrected chi connectivity index (χ3v) is 2.74. The van der Waals surface area contributed by atoms with E-state index in [1.54, 1.807) is 24.3 Å². The van der Waals surface area contributed by atoms with E-state index < -0.39 is 0 Å². The molecule has 2 aliphatic rings. The first-order chi connectivity index (χ1) is 8.81. The monoisotopic (exact) mass is 267 g/mol. The van der Waals surface area contributed by atoms with Gasteiger partial charge >= 0.3 is 0 Å². The third-order valence-electron chi connectivity index (χ3n) is 2.40. The molecular weight excluding hydrogens is 254 g/mol. The highest BCUT2D eigenvalue weighted by Gasteiger charge is 2.22. The maximum Gasteiger partial charge on any atom is 0.119 e. The van der Waals surface area contributed by atoms with Gasteiger partial charge in [-0.25, -0.2) is 0 Å². The lowest BCUT2D eigenvalue weighted by atomic mass is 10.2. The maximum atomic E-state index is 8.55. The molecule has 2 saturated heterocycles. The van der Waals surface area contributed by atoms with Crippen LogP contribution >= 0.6 is 11.6 Å². The molecule has 2 atom stereocenters. The summed E-state index contributed by atoms with van der Waals surface area (Å²) < 4.78 is 15.1. The van der Waals surface area contributed by atoms with Crippen LogP contribution in [0.5, 0.6) is 5.75 Å². The SMILES string of the molecule is ClC[C@H]1CO1.N#Cc1ccc(OCC2CO2)cc1. The highest BCUT2D eigenvalue weighted by atomic mass is 35.5. The molecular formula is C13H14ClNO3. The maximum absolute atomic E-state index is 8.55. The van der Waals surface area contributed by atoms with Gasteiger partial charge in [-0.3, -0.25) is 0 Å². The van der Waals surface area contributed by atoms with Crippen LogP contribution in [0.25, 0.3) is 0 Å². The molecule has 0 aliphatic carbocycles. The van der Waals surface area contributed by atoms with Crippen LogP contribution in [0.1, 0.15) is 5.56 Å². The van der Waals surface area contributed by atoms with Crippen molar-refractivity contribution >= 4 is 11.6 Å². The molecule has 96 valence electrons. The van der Waals surface area contributed by atoms with Gasteiger partial charge in [0.1, 0.15) is 18.5 Å². The average molecular weight is 268 g/mol. The highest BCUT2D eigenvalue weighted by Crippen LogP contribution is 2.15. The van der Waals surface area contributed by atoms with E-state index in [0.717, 1.165) is 19.0 Å². The Balaban J connectivity index is 0.000000202. The number of nitrogens with zero attached hydrogens (tertiary/aromatic N) is 1. The molecule has 3 rings (SSSR count). The predicted octanol–water partition coefficient (Wildman–Crippen LogP) is 1.96. The van der Waals surface area contributed by atoms with Crippen LogP contribution in [-0.4, -0.2) is 37.9 Å². The van der Waals surface area contributed by atoms with Gasteiger partial charge in [0.05, 0.1) is 36.8 Å². The van der Waals surface area contributed by atoms with E-state index in [1.807, 2.05) is 0 Å². The molecule has 2 aliphatic heterocycles. The summed E-state index contributed by atoms with van der Waals surface area (Å²) >= 11 is 5.27. The fraction of sp³-hybridized carbons (Fsp3) is 0.462. The fourth-order valence-corrected chi connectivity index (χ4v) is 1.31. The van der Waals surface area contributed by atoms with Crippen LogP contribution in [0.3, 0.4) is 0 Å². The number of rotatable bonds is 4. The van der Waals surface area contributed by atoms with Gasteiger partial charge in [0.2, 0.25) is 0 Å². The molecule has 0 bridgehead atoms. The zero-order valence-corrected chi connectivity index (χ0v) is 10.6. The summed E-state index contributed by atoms with van der Waals surface area (Å²) in [6.07, 6.45) is 0.673. The van der Waals surface area contributed by atoms with Crippen molar-refractivity contribution < 1.29 is 14.2 Å². The third kappa shape index (κ3) is 4.92. The van der Waals surface area contributed by atoms with Crippen LogP contribution in [0.15, 0.2) is 24.3 Å². The first-order valence-electron chi connectivity index (χ1n) is 5.74. The second kappa shape index (κ2) is 6.60. The van der Waals surface area contributed by atoms with Crippen LogP contribution in [0.4, 0.5) is 0 Å². The van der Waals surface area contributed by atoms with Crippen molar-refractivity contribution in [2.24, 2.45) is 0 Å². The zero-order valence-electron chi connectivity index (χ0n) is 9.84. The van der Waals surface area contributed by atoms with Crippen LogP contribution in [-0.2, 0) is 9.47 Å². The number of alkyl halides is 1. The van der Waals surface area contributed by atoms with Gasteiger partial charge in [-0.15, -0.1) is 11.6 Å². The van der Waals surface area contributed by atoms with Gasteiger partial charge in [0.25, 0.3) is 0 Å². The molecule has 18 heavy (non-hydrogen) atoms. The topological polar surface area (TPSA) is 58.1 Å². The number of epoxide rings is 2. The van der Waals surface area contributed by atoms with Crippen molar-refractivity contribution in [2.75, 3.05) is 25.7 Å². The summed E-state index contributed by atoms with van der Waals surface area (Å²) in [6.45, 7) is 2.28.